The first kappa shape index (κ1) is 15.1. The Hall–Kier alpha value is -2.27. The Balaban J connectivity index is 2.27. The third kappa shape index (κ3) is 4.36. The van der Waals surface area contributed by atoms with E-state index < -0.39 is 5.82 Å². The van der Waals surface area contributed by atoms with Crippen LogP contribution in [0, 0.1) is 5.82 Å². The monoisotopic (exact) mass is 307 g/mol. The fourth-order valence-electron chi connectivity index (χ4n) is 2.03. The van der Waals surface area contributed by atoms with Crippen LogP contribution >= 0.6 is 11.6 Å². The molecule has 0 amide bonds. The molecule has 0 radical (unpaired) electrons. The average Bonchev–Trinajstić information content (AvgIpc) is 2.46. The maximum absolute atomic E-state index is 13.4. The van der Waals surface area contributed by atoms with Crippen LogP contribution in [0.25, 0.3) is 0 Å². The molecule has 0 bridgehead atoms. The molecule has 4 nitrogen and oxygen atoms in total. The van der Waals surface area contributed by atoms with Crippen LogP contribution in [0.5, 0.6) is 0 Å². The van der Waals surface area contributed by atoms with Gasteiger partial charge < -0.3 is 16.3 Å². The second-order valence-corrected chi connectivity index (χ2v) is 5.00. The van der Waals surface area contributed by atoms with Gasteiger partial charge in [-0.15, -0.1) is 0 Å². The summed E-state index contributed by atoms with van der Waals surface area (Å²) >= 11 is 5.84. The molecule has 1 atom stereocenters. The van der Waals surface area contributed by atoms with Crippen LogP contribution in [0.3, 0.4) is 0 Å². The zero-order chi connectivity index (χ0) is 15.2. The summed E-state index contributed by atoms with van der Waals surface area (Å²) in [6.45, 7) is 0. The largest absolute Gasteiger partial charge is 0.409 e. The number of hydrogen-bond donors (Lipinski definition) is 3. The van der Waals surface area contributed by atoms with E-state index in [-0.39, 0.29) is 18.3 Å². The molecule has 0 heterocycles. The van der Waals surface area contributed by atoms with Gasteiger partial charge in [-0.1, -0.05) is 47.1 Å². The van der Waals surface area contributed by atoms with Gasteiger partial charge in [0.25, 0.3) is 0 Å². The zero-order valence-corrected chi connectivity index (χ0v) is 11.9. The molecule has 0 aliphatic rings. The fraction of sp³-hybridized carbons (Fsp3) is 0.133. The Morgan fingerprint density at radius 1 is 1.29 bits per heavy atom. The number of hydrogen-bond acceptors (Lipinski definition) is 3. The van der Waals surface area contributed by atoms with Gasteiger partial charge in [-0.25, -0.2) is 4.39 Å². The Morgan fingerprint density at radius 3 is 2.62 bits per heavy atom. The molecule has 0 fully saturated rings. The second kappa shape index (κ2) is 6.95. The van der Waals surface area contributed by atoms with Crippen LogP contribution in [-0.4, -0.2) is 11.0 Å². The maximum atomic E-state index is 13.4. The minimum absolute atomic E-state index is 0.0823. The van der Waals surface area contributed by atoms with Gasteiger partial charge in [-0.3, -0.25) is 0 Å². The maximum Gasteiger partial charge on any atom is 0.141 e. The van der Waals surface area contributed by atoms with Gasteiger partial charge in [-0.05, 0) is 23.8 Å². The van der Waals surface area contributed by atoms with E-state index in [2.05, 4.69) is 10.5 Å². The average molecular weight is 308 g/mol. The van der Waals surface area contributed by atoms with Crippen molar-refractivity contribution >= 4 is 23.1 Å². The number of benzene rings is 2. The van der Waals surface area contributed by atoms with E-state index >= 15 is 0 Å². The lowest BCUT2D eigenvalue weighted by molar-refractivity contribution is 0.316. The van der Waals surface area contributed by atoms with E-state index in [1.165, 1.54) is 12.1 Å². The molecular weight excluding hydrogens is 293 g/mol. The third-order valence-corrected chi connectivity index (χ3v) is 3.17. The Kier molecular flexibility index (Phi) is 5.00. The zero-order valence-electron chi connectivity index (χ0n) is 11.1. The minimum atomic E-state index is -0.430. The number of rotatable bonds is 5. The van der Waals surface area contributed by atoms with E-state index in [9.17, 15) is 4.39 Å². The van der Waals surface area contributed by atoms with E-state index in [4.69, 9.17) is 22.5 Å². The number of anilines is 1. The number of nitrogens with zero attached hydrogens (tertiary/aromatic N) is 1. The second-order valence-electron chi connectivity index (χ2n) is 4.56. The van der Waals surface area contributed by atoms with Crippen molar-refractivity contribution in [3.8, 4) is 0 Å². The number of oxime groups is 1. The predicted octanol–water partition coefficient (Wildman–Crippen LogP) is 3.77. The molecule has 0 saturated carbocycles. The molecule has 6 heteroatoms. The number of amidine groups is 1. The van der Waals surface area contributed by atoms with Gasteiger partial charge in [0.1, 0.15) is 11.7 Å². The molecule has 2 aromatic carbocycles. The first-order valence-corrected chi connectivity index (χ1v) is 6.70. The number of nitrogens with one attached hydrogen (secondary N) is 1. The topological polar surface area (TPSA) is 70.6 Å². The van der Waals surface area contributed by atoms with Gasteiger partial charge in [0.15, 0.2) is 0 Å². The summed E-state index contributed by atoms with van der Waals surface area (Å²) in [6.07, 6.45) is 0.272. The molecular formula is C15H15ClFN3O. The lowest BCUT2D eigenvalue weighted by Crippen LogP contribution is -2.21. The van der Waals surface area contributed by atoms with E-state index in [0.717, 1.165) is 5.56 Å². The molecule has 2 rings (SSSR count). The number of nitrogens with two attached hydrogens (primary N) is 1. The van der Waals surface area contributed by atoms with Crippen molar-refractivity contribution in [2.45, 2.75) is 12.5 Å². The molecule has 0 saturated heterocycles. The van der Waals surface area contributed by atoms with Crippen molar-refractivity contribution in [1.82, 2.24) is 0 Å². The van der Waals surface area contributed by atoms with E-state index in [0.29, 0.717) is 10.7 Å². The quantitative estimate of drug-likeness (QED) is 0.341. The van der Waals surface area contributed by atoms with E-state index in [1.54, 1.807) is 6.07 Å². The highest BCUT2D eigenvalue weighted by Gasteiger charge is 2.14. The molecule has 110 valence electrons. The van der Waals surface area contributed by atoms with Gasteiger partial charge in [0.2, 0.25) is 0 Å². The summed E-state index contributed by atoms with van der Waals surface area (Å²) in [4.78, 5) is 0. The summed E-state index contributed by atoms with van der Waals surface area (Å²) in [6, 6.07) is 13.4. The van der Waals surface area contributed by atoms with Crippen LogP contribution in [0.1, 0.15) is 18.0 Å². The molecule has 1 unspecified atom stereocenters. The standard InChI is InChI=1S/C15H15ClFN3O/c16-11-6-12(17)8-13(7-11)19-14(9-15(18)20-21)10-4-2-1-3-5-10/h1-8,14,19,21H,9H2,(H2,18,20). The minimum Gasteiger partial charge on any atom is -0.409 e. The fourth-order valence-corrected chi connectivity index (χ4v) is 2.25. The smallest absolute Gasteiger partial charge is 0.141 e. The van der Waals surface area contributed by atoms with Crippen molar-refractivity contribution in [2.75, 3.05) is 5.32 Å². The summed E-state index contributed by atoms with van der Waals surface area (Å²) in [5.74, 6) is -0.348. The van der Waals surface area contributed by atoms with Crippen LogP contribution in [0.4, 0.5) is 10.1 Å². The van der Waals surface area contributed by atoms with Crippen molar-refractivity contribution in [3.63, 3.8) is 0 Å². The summed E-state index contributed by atoms with van der Waals surface area (Å²) in [7, 11) is 0. The van der Waals surface area contributed by atoms with Gasteiger partial charge >= 0.3 is 0 Å². The SMILES string of the molecule is N/C(CC(Nc1cc(F)cc(Cl)c1)c1ccccc1)=N/O. The highest BCUT2D eigenvalue weighted by molar-refractivity contribution is 6.30. The molecule has 0 spiro atoms. The molecule has 0 aliphatic heterocycles. The van der Waals surface area contributed by atoms with Crippen molar-refractivity contribution in [1.29, 1.82) is 0 Å². The summed E-state index contributed by atoms with van der Waals surface area (Å²) < 4.78 is 13.4. The first-order chi connectivity index (χ1) is 10.1. The van der Waals surface area contributed by atoms with Crippen molar-refractivity contribution in [3.05, 3.63) is 64.9 Å². The molecule has 2 aromatic rings. The molecule has 4 N–H and O–H groups in total. The molecule has 21 heavy (non-hydrogen) atoms. The highest BCUT2D eigenvalue weighted by atomic mass is 35.5. The summed E-state index contributed by atoms with van der Waals surface area (Å²) in [5.41, 5.74) is 7.05. The lowest BCUT2D eigenvalue weighted by Gasteiger charge is -2.20. The van der Waals surface area contributed by atoms with Gasteiger partial charge in [-0.2, -0.15) is 0 Å². The summed E-state index contributed by atoms with van der Waals surface area (Å²) in [5, 5.41) is 15.2. The van der Waals surface area contributed by atoms with E-state index in [1.807, 2.05) is 30.3 Å². The highest BCUT2D eigenvalue weighted by Crippen LogP contribution is 2.25. The molecule has 0 aliphatic carbocycles. The first-order valence-electron chi connectivity index (χ1n) is 6.32. The van der Waals surface area contributed by atoms with Crippen LogP contribution in [0.2, 0.25) is 5.02 Å². The Morgan fingerprint density at radius 2 is 2.00 bits per heavy atom. The molecule has 0 aromatic heterocycles. The third-order valence-electron chi connectivity index (χ3n) is 2.95. The Bertz CT molecular complexity index is 614. The van der Waals surface area contributed by atoms with Crippen molar-refractivity contribution < 1.29 is 9.60 Å². The van der Waals surface area contributed by atoms with Gasteiger partial charge in [0, 0.05) is 17.1 Å². The number of halogens is 2. The normalized spacial score (nSPS) is 13.0. The van der Waals surface area contributed by atoms with Crippen LogP contribution < -0.4 is 11.1 Å². The lowest BCUT2D eigenvalue weighted by atomic mass is 10.0. The van der Waals surface area contributed by atoms with Crippen LogP contribution in [0.15, 0.2) is 53.7 Å². The van der Waals surface area contributed by atoms with Crippen molar-refractivity contribution in [2.24, 2.45) is 10.9 Å². The Labute approximate surface area is 127 Å². The van der Waals surface area contributed by atoms with Crippen LogP contribution in [-0.2, 0) is 0 Å². The predicted molar refractivity (Wildman–Crippen MR) is 82.2 cm³/mol. The van der Waals surface area contributed by atoms with Gasteiger partial charge in [0.05, 0.1) is 6.04 Å².